The average Bonchev–Trinajstić information content (AvgIpc) is 3.17. The lowest BCUT2D eigenvalue weighted by Crippen LogP contribution is -2.28. The van der Waals surface area contributed by atoms with Crippen LogP contribution in [0.25, 0.3) is 22.4 Å². The van der Waals surface area contributed by atoms with E-state index in [0.717, 1.165) is 0 Å². The quantitative estimate of drug-likeness (QED) is 0.421. The monoisotopic (exact) mass is 452 g/mol. The van der Waals surface area contributed by atoms with Crippen LogP contribution in [0.5, 0.6) is 0 Å². The van der Waals surface area contributed by atoms with Crippen molar-refractivity contribution < 1.29 is 13.9 Å². The standard InChI is InChI=1S/C22H18ClFN6O2/c1-30-20-10-19(29-30)15-2-3-16-21(28-15)17(4-5-25-16)27-18-9-13(23)14(24)8-12(18)11-32-7-6-26-22(20)31/h2-5,8-10,27H,6-7,11H2,1H3,(H,26,31). The fourth-order valence-corrected chi connectivity index (χ4v) is 3.72. The molecule has 8 nitrogen and oxygen atoms in total. The second-order valence-corrected chi connectivity index (χ2v) is 7.73. The Morgan fingerprint density at radius 1 is 1.16 bits per heavy atom. The van der Waals surface area contributed by atoms with Gasteiger partial charge in [-0.3, -0.25) is 14.5 Å². The molecule has 1 aromatic carbocycles. The van der Waals surface area contributed by atoms with Crippen molar-refractivity contribution >= 4 is 39.9 Å². The van der Waals surface area contributed by atoms with Crippen molar-refractivity contribution in [2.75, 3.05) is 18.5 Å². The van der Waals surface area contributed by atoms with Gasteiger partial charge >= 0.3 is 0 Å². The van der Waals surface area contributed by atoms with Gasteiger partial charge in [0.15, 0.2) is 0 Å². The van der Waals surface area contributed by atoms with Crippen molar-refractivity contribution in [3.63, 3.8) is 0 Å². The number of aryl methyl sites for hydroxylation is 1. The third-order valence-electron chi connectivity index (χ3n) is 5.16. The smallest absolute Gasteiger partial charge is 0.269 e. The lowest BCUT2D eigenvalue weighted by atomic mass is 10.1. The summed E-state index contributed by atoms with van der Waals surface area (Å²) in [7, 11) is 1.70. The third-order valence-corrected chi connectivity index (χ3v) is 5.45. The number of benzene rings is 1. The van der Waals surface area contributed by atoms with E-state index in [1.54, 1.807) is 31.4 Å². The van der Waals surface area contributed by atoms with Gasteiger partial charge in [-0.2, -0.15) is 5.10 Å². The molecular formula is C22H18ClFN6O2. The van der Waals surface area contributed by atoms with Crippen LogP contribution in [0.3, 0.4) is 0 Å². The molecule has 0 atom stereocenters. The summed E-state index contributed by atoms with van der Waals surface area (Å²) in [6.07, 6.45) is 1.66. The molecule has 3 aromatic heterocycles. The van der Waals surface area contributed by atoms with Crippen molar-refractivity contribution in [2.45, 2.75) is 6.61 Å². The summed E-state index contributed by atoms with van der Waals surface area (Å²) in [5.41, 5.74) is 4.66. The number of anilines is 2. The number of hydrogen-bond donors (Lipinski definition) is 2. The topological polar surface area (TPSA) is 94.0 Å². The largest absolute Gasteiger partial charge is 0.375 e. The van der Waals surface area contributed by atoms with E-state index in [-0.39, 0.29) is 30.7 Å². The molecular weight excluding hydrogens is 435 g/mol. The molecule has 4 heterocycles. The molecule has 32 heavy (non-hydrogen) atoms. The van der Waals surface area contributed by atoms with Crippen LogP contribution in [0.2, 0.25) is 5.02 Å². The van der Waals surface area contributed by atoms with Crippen molar-refractivity contribution in [2.24, 2.45) is 7.05 Å². The number of ether oxygens (including phenoxy) is 1. The van der Waals surface area contributed by atoms with E-state index < -0.39 is 5.82 Å². The highest BCUT2D eigenvalue weighted by Crippen LogP contribution is 2.31. The average molecular weight is 453 g/mol. The van der Waals surface area contributed by atoms with E-state index >= 15 is 0 Å². The van der Waals surface area contributed by atoms with Crippen LogP contribution in [0.4, 0.5) is 15.8 Å². The van der Waals surface area contributed by atoms with Gasteiger partial charge in [-0.1, -0.05) is 11.6 Å². The van der Waals surface area contributed by atoms with Gasteiger partial charge in [0, 0.05) is 31.0 Å². The summed E-state index contributed by atoms with van der Waals surface area (Å²) < 4.78 is 21.3. The second kappa shape index (κ2) is 8.18. The van der Waals surface area contributed by atoms with E-state index in [0.29, 0.717) is 45.1 Å². The van der Waals surface area contributed by atoms with Gasteiger partial charge in [-0.25, -0.2) is 9.37 Å². The SMILES string of the molecule is Cn1nc2cc1C(=O)NCCOCc1cc(F)c(Cl)cc1Nc1ccnc3ccc-2nc13. The van der Waals surface area contributed by atoms with Crippen molar-refractivity contribution in [3.8, 4) is 11.4 Å². The van der Waals surface area contributed by atoms with Gasteiger partial charge < -0.3 is 15.4 Å². The number of carbonyl (C=O) groups excluding carboxylic acids is 1. The number of rotatable bonds is 0. The number of amides is 1. The summed E-state index contributed by atoms with van der Waals surface area (Å²) in [5, 5.41) is 10.5. The van der Waals surface area contributed by atoms with Crippen LogP contribution in [-0.2, 0) is 18.4 Å². The Balaban J connectivity index is 1.67. The summed E-state index contributed by atoms with van der Waals surface area (Å²) in [4.78, 5) is 21.7. The molecule has 0 spiro atoms. The predicted octanol–water partition coefficient (Wildman–Crippen LogP) is 3.83. The Morgan fingerprint density at radius 2 is 2.03 bits per heavy atom. The summed E-state index contributed by atoms with van der Waals surface area (Å²) in [6.45, 7) is 0.668. The van der Waals surface area contributed by atoms with Crippen LogP contribution < -0.4 is 10.6 Å². The van der Waals surface area contributed by atoms with Gasteiger partial charge in [0.1, 0.15) is 22.7 Å². The number of pyridine rings is 2. The lowest BCUT2D eigenvalue weighted by Gasteiger charge is -2.15. The van der Waals surface area contributed by atoms with Gasteiger partial charge in [0.05, 0.1) is 35.1 Å². The molecule has 162 valence electrons. The first kappa shape index (κ1) is 20.3. The molecule has 0 fully saturated rings. The highest BCUT2D eigenvalue weighted by Gasteiger charge is 2.17. The van der Waals surface area contributed by atoms with E-state index in [2.05, 4.69) is 20.7 Å². The number of nitrogens with zero attached hydrogens (tertiary/aromatic N) is 4. The minimum atomic E-state index is -0.539. The first-order valence-corrected chi connectivity index (χ1v) is 10.3. The highest BCUT2D eigenvalue weighted by molar-refractivity contribution is 6.31. The van der Waals surface area contributed by atoms with Gasteiger partial charge in [-0.05, 0) is 36.4 Å². The molecule has 1 amide bonds. The molecule has 0 aliphatic carbocycles. The molecule has 5 rings (SSSR count). The molecule has 0 saturated heterocycles. The maximum atomic E-state index is 14.1. The second-order valence-electron chi connectivity index (χ2n) is 7.32. The normalized spacial score (nSPS) is 14.2. The van der Waals surface area contributed by atoms with E-state index in [1.165, 1.54) is 16.8 Å². The van der Waals surface area contributed by atoms with Crippen molar-refractivity contribution in [3.05, 3.63) is 64.7 Å². The highest BCUT2D eigenvalue weighted by atomic mass is 35.5. The molecule has 2 N–H and O–H groups in total. The first-order chi connectivity index (χ1) is 15.5. The van der Waals surface area contributed by atoms with Gasteiger partial charge in [0.2, 0.25) is 0 Å². The fourth-order valence-electron chi connectivity index (χ4n) is 3.55. The third kappa shape index (κ3) is 3.76. The molecule has 0 radical (unpaired) electrons. The Kier molecular flexibility index (Phi) is 5.20. The molecule has 1 aliphatic rings. The molecule has 4 aromatic rings. The Hall–Kier alpha value is -3.56. The molecule has 10 heteroatoms. The number of carbonyl (C=O) groups is 1. The summed E-state index contributed by atoms with van der Waals surface area (Å²) in [6, 6.07) is 9.96. The number of fused-ring (bicyclic) bond motifs is 5. The predicted molar refractivity (Wildman–Crippen MR) is 118 cm³/mol. The van der Waals surface area contributed by atoms with Crippen LogP contribution in [0, 0.1) is 5.82 Å². The van der Waals surface area contributed by atoms with Crippen LogP contribution in [0.1, 0.15) is 16.1 Å². The minimum Gasteiger partial charge on any atom is -0.375 e. The van der Waals surface area contributed by atoms with Gasteiger partial charge in [0.25, 0.3) is 5.91 Å². The maximum absolute atomic E-state index is 14.1. The zero-order valence-electron chi connectivity index (χ0n) is 17.0. The van der Waals surface area contributed by atoms with Gasteiger partial charge in [-0.15, -0.1) is 0 Å². The maximum Gasteiger partial charge on any atom is 0.269 e. The van der Waals surface area contributed by atoms with Crippen molar-refractivity contribution in [1.82, 2.24) is 25.1 Å². The van der Waals surface area contributed by atoms with Crippen LogP contribution >= 0.6 is 11.6 Å². The first-order valence-electron chi connectivity index (χ1n) is 9.90. The van der Waals surface area contributed by atoms with E-state index in [4.69, 9.17) is 21.3 Å². The van der Waals surface area contributed by atoms with Crippen LogP contribution in [0.15, 0.2) is 42.6 Å². The Bertz CT molecular complexity index is 1360. The zero-order valence-corrected chi connectivity index (χ0v) is 17.8. The number of hydrogen-bond acceptors (Lipinski definition) is 6. The number of halogens is 2. The Labute approximate surface area is 187 Å². The fraction of sp³-hybridized carbons (Fsp3) is 0.182. The van der Waals surface area contributed by atoms with E-state index in [1.807, 2.05) is 6.07 Å². The minimum absolute atomic E-state index is 0.00839. The molecule has 0 unspecified atom stereocenters. The Morgan fingerprint density at radius 3 is 2.91 bits per heavy atom. The van der Waals surface area contributed by atoms with E-state index in [9.17, 15) is 9.18 Å². The molecule has 0 saturated carbocycles. The summed E-state index contributed by atoms with van der Waals surface area (Å²) >= 11 is 6.04. The molecule has 1 aliphatic heterocycles. The zero-order chi connectivity index (χ0) is 22.2. The van der Waals surface area contributed by atoms with Crippen molar-refractivity contribution in [1.29, 1.82) is 0 Å². The lowest BCUT2D eigenvalue weighted by molar-refractivity contribution is 0.0892. The number of nitrogens with one attached hydrogen (secondary N) is 2. The number of aromatic nitrogens is 4. The molecule has 4 bridgehead atoms. The van der Waals surface area contributed by atoms with Crippen LogP contribution in [-0.4, -0.2) is 38.8 Å². The summed E-state index contributed by atoms with van der Waals surface area (Å²) in [5.74, 6) is -0.812.